The second-order valence-electron chi connectivity index (χ2n) is 9.88. The molecule has 36 heavy (non-hydrogen) atoms. The van der Waals surface area contributed by atoms with Gasteiger partial charge in [0, 0.05) is 18.5 Å². The van der Waals surface area contributed by atoms with E-state index in [-0.39, 0.29) is 5.69 Å². The number of unbranched alkanes of at least 4 members (excludes halogenated alkanes) is 1. The normalized spacial score (nSPS) is 14.4. The lowest BCUT2D eigenvalue weighted by atomic mass is 9.87. The Balaban J connectivity index is 1.35. The average molecular weight is 486 g/mol. The molecule has 1 N–H and O–H groups in total. The molecule has 0 saturated heterocycles. The summed E-state index contributed by atoms with van der Waals surface area (Å²) in [4.78, 5) is 13.3. The van der Waals surface area contributed by atoms with E-state index in [1.807, 2.05) is 22.8 Å². The quantitative estimate of drug-likeness (QED) is 0.331. The lowest BCUT2D eigenvalue weighted by molar-refractivity contribution is 0.316. The maximum atomic E-state index is 13.3. The molecule has 2 aromatic heterocycles. The number of hydrogen-bond acceptors (Lipinski definition) is 5. The van der Waals surface area contributed by atoms with Crippen LogP contribution in [-0.4, -0.2) is 35.0 Å². The van der Waals surface area contributed by atoms with Gasteiger partial charge in [0.1, 0.15) is 5.82 Å². The van der Waals surface area contributed by atoms with Crippen molar-refractivity contribution in [3.05, 3.63) is 70.4 Å². The van der Waals surface area contributed by atoms with Crippen molar-refractivity contribution >= 4 is 0 Å². The van der Waals surface area contributed by atoms with Gasteiger partial charge in [0.2, 0.25) is 5.82 Å². The maximum Gasteiger partial charge on any atom is 0.346 e. The molecule has 0 aliphatic heterocycles. The Morgan fingerprint density at radius 2 is 1.78 bits per heavy atom. The average Bonchev–Trinajstić information content (AvgIpc) is 3.56. The Labute approximate surface area is 211 Å². The minimum atomic E-state index is 0.0171. The monoisotopic (exact) mass is 485 g/mol. The lowest BCUT2D eigenvalue weighted by Crippen LogP contribution is -2.27. The van der Waals surface area contributed by atoms with Gasteiger partial charge in [0.05, 0.1) is 6.54 Å². The molecule has 5 rings (SSSR count). The fourth-order valence-electron chi connectivity index (χ4n) is 5.27. The van der Waals surface area contributed by atoms with E-state index in [2.05, 4.69) is 57.9 Å². The van der Waals surface area contributed by atoms with Crippen LogP contribution in [0.1, 0.15) is 69.7 Å². The first-order valence-electron chi connectivity index (χ1n) is 13.3. The highest BCUT2D eigenvalue weighted by Gasteiger charge is 2.17. The minimum absolute atomic E-state index is 0.0171. The molecule has 1 saturated carbocycles. The minimum Gasteiger partial charge on any atom is -0.274 e. The second kappa shape index (κ2) is 11.5. The van der Waals surface area contributed by atoms with Gasteiger partial charge in [0.25, 0.3) is 0 Å². The fraction of sp³-hybridized carbons (Fsp3) is 0.464. The predicted octanol–water partition coefficient (Wildman–Crippen LogP) is 5.25. The standard InChI is InChI=1S/C28H35N7O/c1-2-3-13-26-31-35(19-18-21-9-5-4-6-10-21)28(36)34(26)20-22-14-16-23(17-15-22)24-11-7-8-12-25(24)27-29-32-33-30-27/h7-8,11-12,14-17,21H,2-6,9-10,13,18-20H2,1H3,(H,29,30,32,33). The molecule has 2 heterocycles. The molecular formula is C28H35N7O. The number of H-pyrrole nitrogens is 1. The molecule has 188 valence electrons. The number of benzene rings is 2. The molecule has 4 aromatic rings. The van der Waals surface area contributed by atoms with Gasteiger partial charge in [-0.2, -0.15) is 10.3 Å². The van der Waals surface area contributed by atoms with Crippen molar-refractivity contribution in [2.45, 2.75) is 77.8 Å². The summed E-state index contributed by atoms with van der Waals surface area (Å²) in [6.07, 6.45) is 10.6. The van der Waals surface area contributed by atoms with Crippen LogP contribution in [-0.2, 0) is 19.5 Å². The van der Waals surface area contributed by atoms with Crippen LogP contribution in [0.5, 0.6) is 0 Å². The van der Waals surface area contributed by atoms with E-state index in [1.165, 1.54) is 32.1 Å². The number of aromatic nitrogens is 7. The molecule has 0 amide bonds. The van der Waals surface area contributed by atoms with Crippen molar-refractivity contribution in [2.24, 2.45) is 5.92 Å². The maximum absolute atomic E-state index is 13.3. The van der Waals surface area contributed by atoms with E-state index in [0.29, 0.717) is 12.4 Å². The first-order valence-corrected chi connectivity index (χ1v) is 13.3. The van der Waals surface area contributed by atoms with Crippen molar-refractivity contribution in [1.82, 2.24) is 35.0 Å². The van der Waals surface area contributed by atoms with Gasteiger partial charge in [-0.1, -0.05) is 94.0 Å². The van der Waals surface area contributed by atoms with Crippen LogP contribution in [0.4, 0.5) is 0 Å². The molecule has 1 aliphatic rings. The summed E-state index contributed by atoms with van der Waals surface area (Å²) in [5.41, 5.74) is 4.14. The van der Waals surface area contributed by atoms with Crippen LogP contribution in [0, 0.1) is 5.92 Å². The summed E-state index contributed by atoms with van der Waals surface area (Å²) in [6, 6.07) is 16.4. The highest BCUT2D eigenvalue weighted by Crippen LogP contribution is 2.30. The zero-order valence-electron chi connectivity index (χ0n) is 21.1. The van der Waals surface area contributed by atoms with Gasteiger partial charge in [-0.05, 0) is 40.7 Å². The molecule has 0 unspecified atom stereocenters. The molecule has 8 heteroatoms. The largest absolute Gasteiger partial charge is 0.346 e. The van der Waals surface area contributed by atoms with Gasteiger partial charge in [-0.25, -0.2) is 9.48 Å². The van der Waals surface area contributed by atoms with Gasteiger partial charge in [0.15, 0.2) is 0 Å². The Kier molecular flexibility index (Phi) is 7.69. The van der Waals surface area contributed by atoms with Crippen molar-refractivity contribution < 1.29 is 0 Å². The number of aromatic amines is 1. The highest BCUT2D eigenvalue weighted by atomic mass is 16.2. The van der Waals surface area contributed by atoms with E-state index >= 15 is 0 Å². The lowest BCUT2D eigenvalue weighted by Gasteiger charge is -2.20. The number of hydrogen-bond donors (Lipinski definition) is 1. The van der Waals surface area contributed by atoms with Crippen LogP contribution in [0.3, 0.4) is 0 Å². The van der Waals surface area contributed by atoms with Gasteiger partial charge < -0.3 is 0 Å². The summed E-state index contributed by atoms with van der Waals surface area (Å²) in [5.74, 6) is 2.21. The summed E-state index contributed by atoms with van der Waals surface area (Å²) < 4.78 is 3.59. The van der Waals surface area contributed by atoms with E-state index in [9.17, 15) is 4.79 Å². The predicted molar refractivity (Wildman–Crippen MR) is 140 cm³/mol. The van der Waals surface area contributed by atoms with E-state index in [4.69, 9.17) is 5.10 Å². The van der Waals surface area contributed by atoms with Crippen molar-refractivity contribution in [3.8, 4) is 22.5 Å². The Hall–Kier alpha value is -3.55. The molecule has 0 radical (unpaired) electrons. The van der Waals surface area contributed by atoms with Crippen LogP contribution < -0.4 is 5.69 Å². The zero-order valence-corrected chi connectivity index (χ0v) is 21.1. The second-order valence-corrected chi connectivity index (χ2v) is 9.88. The van der Waals surface area contributed by atoms with E-state index < -0.39 is 0 Å². The third-order valence-corrected chi connectivity index (χ3v) is 7.35. The number of tetrazole rings is 1. The third kappa shape index (κ3) is 5.48. The first kappa shape index (κ1) is 24.2. The number of nitrogens with zero attached hydrogens (tertiary/aromatic N) is 6. The topological polar surface area (TPSA) is 94.3 Å². The molecule has 1 fully saturated rings. The number of nitrogens with one attached hydrogen (secondary N) is 1. The fourth-order valence-corrected chi connectivity index (χ4v) is 5.27. The van der Waals surface area contributed by atoms with Crippen LogP contribution in [0.15, 0.2) is 53.3 Å². The van der Waals surface area contributed by atoms with Crippen LogP contribution >= 0.6 is 0 Å². The smallest absolute Gasteiger partial charge is 0.274 e. The molecular weight excluding hydrogens is 450 g/mol. The molecule has 0 atom stereocenters. The molecule has 0 spiro atoms. The van der Waals surface area contributed by atoms with E-state index in [1.54, 1.807) is 4.68 Å². The summed E-state index contributed by atoms with van der Waals surface area (Å²) in [5, 5.41) is 19.3. The van der Waals surface area contributed by atoms with Gasteiger partial charge in [-0.3, -0.25) is 4.57 Å². The van der Waals surface area contributed by atoms with E-state index in [0.717, 1.165) is 66.2 Å². The molecule has 1 aliphatic carbocycles. The zero-order chi connectivity index (χ0) is 24.7. The summed E-state index contributed by atoms with van der Waals surface area (Å²) >= 11 is 0. The van der Waals surface area contributed by atoms with Gasteiger partial charge in [-0.15, -0.1) is 10.2 Å². The highest BCUT2D eigenvalue weighted by molar-refractivity contribution is 5.80. The summed E-state index contributed by atoms with van der Waals surface area (Å²) in [7, 11) is 0. The van der Waals surface area contributed by atoms with Crippen molar-refractivity contribution in [1.29, 1.82) is 0 Å². The molecule has 2 aromatic carbocycles. The Bertz CT molecular complexity index is 1300. The number of rotatable bonds is 10. The summed E-state index contributed by atoms with van der Waals surface area (Å²) in [6.45, 7) is 3.43. The van der Waals surface area contributed by atoms with Crippen LogP contribution in [0.25, 0.3) is 22.5 Å². The van der Waals surface area contributed by atoms with Crippen molar-refractivity contribution in [2.75, 3.05) is 0 Å². The third-order valence-electron chi connectivity index (χ3n) is 7.35. The first-order chi connectivity index (χ1) is 17.7. The molecule has 0 bridgehead atoms. The van der Waals surface area contributed by atoms with Gasteiger partial charge >= 0.3 is 5.69 Å². The van der Waals surface area contributed by atoms with Crippen molar-refractivity contribution in [3.63, 3.8) is 0 Å². The Morgan fingerprint density at radius 3 is 2.50 bits per heavy atom. The van der Waals surface area contributed by atoms with Crippen LogP contribution in [0.2, 0.25) is 0 Å². The Morgan fingerprint density at radius 1 is 1.00 bits per heavy atom. The SMILES string of the molecule is CCCCc1nn(CCC2CCCCC2)c(=O)n1Cc1ccc(-c2ccccc2-c2nn[nH]n2)cc1. The molecule has 8 nitrogen and oxygen atoms in total. The number of aryl methyl sites for hydroxylation is 2.